The highest BCUT2D eigenvalue weighted by molar-refractivity contribution is 5.84. The third kappa shape index (κ3) is 2.63. The van der Waals surface area contributed by atoms with Crippen molar-refractivity contribution < 1.29 is 19.4 Å². The van der Waals surface area contributed by atoms with Crippen molar-refractivity contribution in [3.63, 3.8) is 0 Å². The lowest BCUT2D eigenvalue weighted by Gasteiger charge is -2.17. The Bertz CT molecular complexity index is 562. The lowest BCUT2D eigenvalue weighted by atomic mass is 10.2. The largest absolute Gasteiger partial charge is 0.508 e. The van der Waals surface area contributed by atoms with Crippen molar-refractivity contribution in [1.29, 1.82) is 0 Å². The van der Waals surface area contributed by atoms with E-state index in [2.05, 4.69) is 0 Å². The number of rotatable bonds is 4. The van der Waals surface area contributed by atoms with Gasteiger partial charge < -0.3 is 19.5 Å². The third-order valence-corrected chi connectivity index (χ3v) is 2.54. The van der Waals surface area contributed by atoms with E-state index in [9.17, 15) is 9.90 Å². The number of aromatic hydroxyl groups is 1. The van der Waals surface area contributed by atoms with E-state index < -0.39 is 5.97 Å². The number of nitrogens with zero attached hydrogens (tertiary/aromatic N) is 1. The number of anilines is 1. The molecule has 0 fully saturated rings. The Morgan fingerprint density at radius 1 is 1.33 bits per heavy atom. The number of phenols is 1. The number of aromatic carboxylic acids is 1. The van der Waals surface area contributed by atoms with Gasteiger partial charge in [-0.2, -0.15) is 0 Å². The lowest BCUT2D eigenvalue weighted by molar-refractivity contribution is 0.0660. The van der Waals surface area contributed by atoms with Gasteiger partial charge in [0.1, 0.15) is 11.5 Å². The van der Waals surface area contributed by atoms with Gasteiger partial charge in [0.05, 0.1) is 6.54 Å². The van der Waals surface area contributed by atoms with Crippen LogP contribution in [0.2, 0.25) is 0 Å². The summed E-state index contributed by atoms with van der Waals surface area (Å²) in [6.07, 6.45) is 0. The van der Waals surface area contributed by atoms with Crippen LogP contribution >= 0.6 is 0 Å². The Kier molecular flexibility index (Phi) is 3.23. The molecular weight excluding hydrogens is 234 g/mol. The number of benzene rings is 1. The van der Waals surface area contributed by atoms with Crippen molar-refractivity contribution in [1.82, 2.24) is 0 Å². The first-order valence-corrected chi connectivity index (χ1v) is 5.38. The van der Waals surface area contributed by atoms with Crippen LogP contribution in [0.5, 0.6) is 5.75 Å². The number of carboxylic acid groups (broad SMARTS) is 1. The first kappa shape index (κ1) is 12.0. The highest BCUT2D eigenvalue weighted by atomic mass is 16.4. The maximum Gasteiger partial charge on any atom is 0.371 e. The minimum absolute atomic E-state index is 0.0747. The van der Waals surface area contributed by atoms with E-state index in [4.69, 9.17) is 9.52 Å². The molecule has 2 aromatic rings. The Labute approximate surface area is 104 Å². The van der Waals surface area contributed by atoms with Crippen LogP contribution in [0, 0.1) is 0 Å². The van der Waals surface area contributed by atoms with Crippen LogP contribution in [-0.2, 0) is 6.54 Å². The fourth-order valence-electron chi connectivity index (χ4n) is 1.63. The molecule has 0 saturated carbocycles. The van der Waals surface area contributed by atoms with Gasteiger partial charge in [-0.1, -0.05) is 6.07 Å². The van der Waals surface area contributed by atoms with Gasteiger partial charge in [-0.3, -0.25) is 0 Å². The van der Waals surface area contributed by atoms with E-state index in [0.29, 0.717) is 12.3 Å². The molecule has 18 heavy (non-hydrogen) atoms. The zero-order valence-corrected chi connectivity index (χ0v) is 9.83. The van der Waals surface area contributed by atoms with E-state index >= 15 is 0 Å². The predicted molar refractivity (Wildman–Crippen MR) is 65.9 cm³/mol. The summed E-state index contributed by atoms with van der Waals surface area (Å²) in [6.45, 7) is 0.427. The number of hydrogen-bond donors (Lipinski definition) is 2. The number of carbonyl (C=O) groups is 1. The lowest BCUT2D eigenvalue weighted by Crippen LogP contribution is -2.15. The molecule has 0 aliphatic carbocycles. The van der Waals surface area contributed by atoms with Crippen molar-refractivity contribution in [2.24, 2.45) is 0 Å². The molecule has 5 nitrogen and oxygen atoms in total. The molecule has 2 N–H and O–H groups in total. The van der Waals surface area contributed by atoms with Gasteiger partial charge >= 0.3 is 5.97 Å². The van der Waals surface area contributed by atoms with Crippen LogP contribution < -0.4 is 4.90 Å². The molecule has 0 radical (unpaired) electrons. The average molecular weight is 247 g/mol. The molecule has 1 heterocycles. The molecule has 0 atom stereocenters. The molecule has 1 aromatic carbocycles. The minimum atomic E-state index is -1.08. The Morgan fingerprint density at radius 2 is 2.11 bits per heavy atom. The van der Waals surface area contributed by atoms with Gasteiger partial charge in [0, 0.05) is 18.8 Å². The first-order chi connectivity index (χ1) is 8.56. The summed E-state index contributed by atoms with van der Waals surface area (Å²) in [5, 5.41) is 18.1. The molecule has 5 heteroatoms. The van der Waals surface area contributed by atoms with Crippen LogP contribution in [-0.4, -0.2) is 23.2 Å². The number of hydrogen-bond acceptors (Lipinski definition) is 4. The number of furan rings is 1. The summed E-state index contributed by atoms with van der Waals surface area (Å²) in [4.78, 5) is 12.5. The summed E-state index contributed by atoms with van der Waals surface area (Å²) in [5.41, 5.74) is 0.822. The van der Waals surface area contributed by atoms with E-state index in [-0.39, 0.29) is 11.5 Å². The fourth-order valence-corrected chi connectivity index (χ4v) is 1.63. The summed E-state index contributed by atoms with van der Waals surface area (Å²) < 4.78 is 5.16. The maximum atomic E-state index is 10.7. The highest BCUT2D eigenvalue weighted by Gasteiger charge is 2.10. The highest BCUT2D eigenvalue weighted by Crippen LogP contribution is 2.21. The van der Waals surface area contributed by atoms with E-state index in [1.165, 1.54) is 6.07 Å². The summed E-state index contributed by atoms with van der Waals surface area (Å²) >= 11 is 0. The van der Waals surface area contributed by atoms with Gasteiger partial charge in [0.15, 0.2) is 0 Å². The second-order valence-corrected chi connectivity index (χ2v) is 3.95. The molecule has 94 valence electrons. The minimum Gasteiger partial charge on any atom is -0.508 e. The van der Waals surface area contributed by atoms with Gasteiger partial charge in [-0.05, 0) is 24.3 Å². The topological polar surface area (TPSA) is 73.9 Å². The van der Waals surface area contributed by atoms with Crippen molar-refractivity contribution >= 4 is 11.7 Å². The second-order valence-electron chi connectivity index (χ2n) is 3.95. The van der Waals surface area contributed by atoms with Gasteiger partial charge in [0.25, 0.3) is 0 Å². The van der Waals surface area contributed by atoms with Crippen LogP contribution in [0.1, 0.15) is 16.3 Å². The first-order valence-electron chi connectivity index (χ1n) is 5.38. The number of phenolic OH excluding ortho intramolecular Hbond substituents is 1. The van der Waals surface area contributed by atoms with Crippen molar-refractivity contribution in [3.8, 4) is 5.75 Å². The molecule has 0 amide bonds. The Balaban J connectivity index is 2.11. The molecule has 1 aromatic heterocycles. The average Bonchev–Trinajstić information content (AvgIpc) is 2.77. The Hall–Kier alpha value is -2.43. The van der Waals surface area contributed by atoms with Crippen molar-refractivity contribution in [2.75, 3.05) is 11.9 Å². The zero-order valence-electron chi connectivity index (χ0n) is 9.83. The summed E-state index contributed by atoms with van der Waals surface area (Å²) in [6, 6.07) is 9.86. The molecule has 0 unspecified atom stereocenters. The van der Waals surface area contributed by atoms with E-state index in [1.807, 2.05) is 18.0 Å². The molecule has 0 aliphatic rings. The van der Waals surface area contributed by atoms with Crippen LogP contribution in [0.25, 0.3) is 0 Å². The van der Waals surface area contributed by atoms with Crippen molar-refractivity contribution in [3.05, 3.63) is 47.9 Å². The van der Waals surface area contributed by atoms with Gasteiger partial charge in [-0.25, -0.2) is 4.79 Å². The summed E-state index contributed by atoms with van der Waals surface area (Å²) in [5.74, 6) is -0.418. The molecule has 0 aliphatic heterocycles. The normalized spacial score (nSPS) is 10.3. The molecular formula is C13H13NO4. The van der Waals surface area contributed by atoms with Gasteiger partial charge in [-0.15, -0.1) is 0 Å². The third-order valence-electron chi connectivity index (χ3n) is 2.54. The second kappa shape index (κ2) is 4.83. The Morgan fingerprint density at radius 3 is 2.72 bits per heavy atom. The smallest absolute Gasteiger partial charge is 0.371 e. The number of carboxylic acids is 1. The maximum absolute atomic E-state index is 10.7. The molecule has 0 saturated heterocycles. The van der Waals surface area contributed by atoms with E-state index in [0.717, 1.165) is 5.69 Å². The SMILES string of the molecule is CN(Cc1ccc(C(=O)O)o1)c1cccc(O)c1. The summed E-state index contributed by atoms with van der Waals surface area (Å²) in [7, 11) is 1.83. The van der Waals surface area contributed by atoms with Crippen LogP contribution in [0.3, 0.4) is 0 Å². The zero-order chi connectivity index (χ0) is 13.1. The molecule has 2 rings (SSSR count). The molecule has 0 spiro atoms. The quantitative estimate of drug-likeness (QED) is 0.867. The monoisotopic (exact) mass is 247 g/mol. The standard InChI is InChI=1S/C13H13NO4/c1-14(9-3-2-4-10(15)7-9)8-11-5-6-12(18-11)13(16)17/h2-7,15H,8H2,1H3,(H,16,17). The fraction of sp³-hybridized carbons (Fsp3) is 0.154. The molecule has 0 bridgehead atoms. The predicted octanol–water partition coefficient (Wildman–Crippen LogP) is 2.32. The van der Waals surface area contributed by atoms with Crippen molar-refractivity contribution in [2.45, 2.75) is 6.54 Å². The van der Waals surface area contributed by atoms with Crippen LogP contribution in [0.15, 0.2) is 40.8 Å². The van der Waals surface area contributed by atoms with Crippen LogP contribution in [0.4, 0.5) is 5.69 Å². The van der Waals surface area contributed by atoms with E-state index in [1.54, 1.807) is 24.3 Å². The van der Waals surface area contributed by atoms with Gasteiger partial charge in [0.2, 0.25) is 5.76 Å².